The van der Waals surface area contributed by atoms with Crippen LogP contribution in [0.15, 0.2) is 18.3 Å². The number of methoxy groups -OCH3 is 1. The van der Waals surface area contributed by atoms with Crippen molar-refractivity contribution < 1.29 is 9.53 Å². The van der Waals surface area contributed by atoms with E-state index in [-0.39, 0.29) is 11.7 Å². The van der Waals surface area contributed by atoms with E-state index in [1.807, 2.05) is 13.0 Å². The van der Waals surface area contributed by atoms with Gasteiger partial charge in [-0.05, 0) is 6.07 Å². The molecule has 100 valence electrons. The summed E-state index contributed by atoms with van der Waals surface area (Å²) in [5.74, 6) is 0.984. The fraction of sp³-hybridized carbons (Fsp3) is 0.333. The minimum Gasteiger partial charge on any atom is -0.481 e. The van der Waals surface area contributed by atoms with Crippen LogP contribution in [0.3, 0.4) is 0 Å². The van der Waals surface area contributed by atoms with E-state index < -0.39 is 0 Å². The van der Waals surface area contributed by atoms with Crippen molar-refractivity contribution in [1.29, 1.82) is 0 Å². The summed E-state index contributed by atoms with van der Waals surface area (Å²) in [6, 6.07) is 3.62. The molecule has 0 fully saturated rings. The highest BCUT2D eigenvalue weighted by molar-refractivity contribution is 5.90. The van der Waals surface area contributed by atoms with Gasteiger partial charge in [-0.15, -0.1) is 5.10 Å². The number of rotatable bonds is 5. The van der Waals surface area contributed by atoms with Gasteiger partial charge in [0.1, 0.15) is 5.82 Å². The number of pyridine rings is 1. The lowest BCUT2D eigenvalue weighted by molar-refractivity contribution is 0.0940. The largest absolute Gasteiger partial charge is 0.481 e. The molecule has 1 amide bonds. The molecule has 0 saturated heterocycles. The highest BCUT2D eigenvalue weighted by Crippen LogP contribution is 2.12. The molecular weight excluding hydrogens is 246 g/mol. The molecule has 2 aromatic heterocycles. The number of nitrogens with one attached hydrogen (secondary N) is 2. The second kappa shape index (κ2) is 5.94. The van der Waals surface area contributed by atoms with Crippen LogP contribution in [0.2, 0.25) is 0 Å². The minimum atomic E-state index is -0.332. The van der Waals surface area contributed by atoms with Crippen molar-refractivity contribution in [2.45, 2.75) is 19.9 Å². The molecule has 0 aromatic carbocycles. The quantitative estimate of drug-likeness (QED) is 0.826. The Kier molecular flexibility index (Phi) is 4.07. The van der Waals surface area contributed by atoms with Gasteiger partial charge in [0.2, 0.25) is 11.7 Å². The summed E-state index contributed by atoms with van der Waals surface area (Å²) in [6.07, 6.45) is 2.34. The van der Waals surface area contributed by atoms with Gasteiger partial charge in [0.05, 0.1) is 7.11 Å². The molecule has 0 radical (unpaired) electrons. The minimum absolute atomic E-state index is 0.139. The molecule has 7 heteroatoms. The molecule has 2 heterocycles. The van der Waals surface area contributed by atoms with Crippen molar-refractivity contribution in [3.63, 3.8) is 0 Å². The number of carbonyl (C=O) groups is 1. The molecule has 0 unspecified atom stereocenters. The van der Waals surface area contributed by atoms with Gasteiger partial charge in [0, 0.05) is 24.7 Å². The van der Waals surface area contributed by atoms with E-state index in [4.69, 9.17) is 4.74 Å². The highest BCUT2D eigenvalue weighted by Gasteiger charge is 2.12. The van der Waals surface area contributed by atoms with E-state index in [9.17, 15) is 4.79 Å². The number of ether oxygens (including phenoxy) is 1. The fourth-order valence-electron chi connectivity index (χ4n) is 1.55. The van der Waals surface area contributed by atoms with Crippen LogP contribution in [0, 0.1) is 0 Å². The molecule has 19 heavy (non-hydrogen) atoms. The van der Waals surface area contributed by atoms with Gasteiger partial charge in [0.15, 0.2) is 0 Å². The Labute approximate surface area is 110 Å². The second-order valence-corrected chi connectivity index (χ2v) is 3.81. The first-order valence-electron chi connectivity index (χ1n) is 5.92. The topological polar surface area (TPSA) is 92.8 Å². The van der Waals surface area contributed by atoms with Crippen molar-refractivity contribution in [1.82, 2.24) is 25.5 Å². The van der Waals surface area contributed by atoms with Crippen molar-refractivity contribution in [2.24, 2.45) is 0 Å². The summed E-state index contributed by atoms with van der Waals surface area (Å²) < 4.78 is 5.11. The van der Waals surface area contributed by atoms with E-state index in [0.717, 1.165) is 5.56 Å². The van der Waals surface area contributed by atoms with E-state index >= 15 is 0 Å². The molecule has 0 atom stereocenters. The molecule has 7 nitrogen and oxygen atoms in total. The number of aromatic amines is 1. The van der Waals surface area contributed by atoms with Crippen LogP contribution in [0.5, 0.6) is 5.88 Å². The maximum atomic E-state index is 11.8. The van der Waals surface area contributed by atoms with Crippen molar-refractivity contribution in [2.75, 3.05) is 7.11 Å². The van der Waals surface area contributed by atoms with Crippen LogP contribution in [0.25, 0.3) is 0 Å². The SMILES string of the molecule is CCc1nc(C(=O)NCc2cccnc2OC)n[nH]1. The first-order chi connectivity index (χ1) is 9.24. The number of carbonyl (C=O) groups excluding carboxylic acids is 1. The summed E-state index contributed by atoms with van der Waals surface area (Å²) in [6.45, 7) is 2.24. The van der Waals surface area contributed by atoms with Crippen molar-refractivity contribution >= 4 is 5.91 Å². The number of H-pyrrole nitrogens is 1. The van der Waals surface area contributed by atoms with Gasteiger partial charge in [-0.3, -0.25) is 9.89 Å². The first kappa shape index (κ1) is 13.0. The van der Waals surface area contributed by atoms with Gasteiger partial charge < -0.3 is 10.1 Å². The average molecular weight is 261 g/mol. The Hall–Kier alpha value is -2.44. The van der Waals surface area contributed by atoms with E-state index in [2.05, 4.69) is 25.5 Å². The van der Waals surface area contributed by atoms with Gasteiger partial charge in [-0.2, -0.15) is 0 Å². The average Bonchev–Trinajstić information content (AvgIpc) is 2.94. The number of aryl methyl sites for hydroxylation is 1. The summed E-state index contributed by atoms with van der Waals surface area (Å²) in [7, 11) is 1.54. The summed E-state index contributed by atoms with van der Waals surface area (Å²) in [5, 5.41) is 9.27. The Morgan fingerprint density at radius 2 is 2.37 bits per heavy atom. The molecule has 2 aromatic rings. The van der Waals surface area contributed by atoms with Crippen LogP contribution >= 0.6 is 0 Å². The van der Waals surface area contributed by atoms with Gasteiger partial charge in [-0.25, -0.2) is 9.97 Å². The van der Waals surface area contributed by atoms with Crippen molar-refractivity contribution in [3.8, 4) is 5.88 Å². The van der Waals surface area contributed by atoms with Crippen molar-refractivity contribution in [3.05, 3.63) is 35.5 Å². The first-order valence-corrected chi connectivity index (χ1v) is 5.92. The molecule has 0 spiro atoms. The second-order valence-electron chi connectivity index (χ2n) is 3.81. The van der Waals surface area contributed by atoms with Gasteiger partial charge in [-0.1, -0.05) is 13.0 Å². The third kappa shape index (κ3) is 3.06. The van der Waals surface area contributed by atoms with Crippen LogP contribution < -0.4 is 10.1 Å². The maximum absolute atomic E-state index is 11.8. The number of nitrogens with zero attached hydrogens (tertiary/aromatic N) is 3. The summed E-state index contributed by atoms with van der Waals surface area (Å²) >= 11 is 0. The van der Waals surface area contributed by atoms with Crippen LogP contribution in [0.4, 0.5) is 0 Å². The zero-order valence-electron chi connectivity index (χ0n) is 10.8. The highest BCUT2D eigenvalue weighted by atomic mass is 16.5. The lowest BCUT2D eigenvalue weighted by Crippen LogP contribution is -2.24. The molecule has 0 bridgehead atoms. The zero-order valence-corrected chi connectivity index (χ0v) is 10.8. The summed E-state index contributed by atoms with van der Waals surface area (Å²) in [4.78, 5) is 19.9. The number of aromatic nitrogens is 4. The fourth-order valence-corrected chi connectivity index (χ4v) is 1.55. The number of hydrogen-bond donors (Lipinski definition) is 2. The molecular formula is C12H15N5O2. The normalized spacial score (nSPS) is 10.2. The predicted molar refractivity (Wildman–Crippen MR) is 67.7 cm³/mol. The smallest absolute Gasteiger partial charge is 0.291 e. The molecule has 0 saturated carbocycles. The van der Waals surface area contributed by atoms with E-state index in [1.54, 1.807) is 12.3 Å². The zero-order chi connectivity index (χ0) is 13.7. The van der Waals surface area contributed by atoms with Crippen LogP contribution in [-0.2, 0) is 13.0 Å². The van der Waals surface area contributed by atoms with Gasteiger partial charge in [0.25, 0.3) is 5.91 Å². The van der Waals surface area contributed by atoms with Crippen LogP contribution in [-0.4, -0.2) is 33.2 Å². The Morgan fingerprint density at radius 3 is 3.05 bits per heavy atom. The molecule has 2 rings (SSSR count). The Bertz CT molecular complexity index is 567. The third-order valence-electron chi connectivity index (χ3n) is 2.55. The third-order valence-corrected chi connectivity index (χ3v) is 2.55. The Balaban J connectivity index is 2.00. The van der Waals surface area contributed by atoms with E-state index in [0.29, 0.717) is 24.7 Å². The summed E-state index contributed by atoms with van der Waals surface area (Å²) in [5.41, 5.74) is 0.796. The molecule has 2 N–H and O–H groups in total. The van der Waals surface area contributed by atoms with Gasteiger partial charge >= 0.3 is 0 Å². The lowest BCUT2D eigenvalue weighted by atomic mass is 10.2. The molecule has 0 aliphatic carbocycles. The standard InChI is InChI=1S/C12H15N5O2/c1-3-9-15-10(17-16-9)11(18)14-7-8-5-4-6-13-12(8)19-2/h4-6H,3,7H2,1-2H3,(H,14,18)(H,15,16,17). The molecule has 0 aliphatic rings. The maximum Gasteiger partial charge on any atom is 0.291 e. The Morgan fingerprint density at radius 1 is 1.53 bits per heavy atom. The number of amides is 1. The van der Waals surface area contributed by atoms with Crippen LogP contribution in [0.1, 0.15) is 28.9 Å². The molecule has 0 aliphatic heterocycles. The predicted octanol–water partition coefficient (Wildman–Crippen LogP) is 0.701. The van der Waals surface area contributed by atoms with E-state index in [1.165, 1.54) is 7.11 Å². The lowest BCUT2D eigenvalue weighted by Gasteiger charge is -2.06. The number of hydrogen-bond acceptors (Lipinski definition) is 5. The monoisotopic (exact) mass is 261 g/mol.